The van der Waals surface area contributed by atoms with Gasteiger partial charge < -0.3 is 10.6 Å². The highest BCUT2D eigenvalue weighted by atomic mass is 19.4. The highest BCUT2D eigenvalue weighted by Crippen LogP contribution is 2.38. The molecular weight excluding hydrogens is 389 g/mol. The van der Waals surface area contributed by atoms with Crippen molar-refractivity contribution in [2.24, 2.45) is 0 Å². The van der Waals surface area contributed by atoms with E-state index in [2.05, 4.69) is 34.1 Å². The van der Waals surface area contributed by atoms with Crippen LogP contribution in [-0.2, 0) is 6.18 Å². The first-order valence-corrected chi connectivity index (χ1v) is 9.59. The molecule has 0 unspecified atom stereocenters. The van der Waals surface area contributed by atoms with Crippen LogP contribution in [0.5, 0.6) is 0 Å². The van der Waals surface area contributed by atoms with Gasteiger partial charge in [0.25, 0.3) is 0 Å². The second kappa shape index (κ2) is 8.98. The molecule has 0 saturated heterocycles. The number of pyridine rings is 2. The molecule has 0 saturated carbocycles. The van der Waals surface area contributed by atoms with Gasteiger partial charge in [-0.15, -0.1) is 0 Å². The van der Waals surface area contributed by atoms with Gasteiger partial charge in [0.05, 0.1) is 28.7 Å². The Kier molecular flexibility index (Phi) is 6.40. The quantitative estimate of drug-likeness (QED) is 0.457. The molecule has 156 valence electrons. The van der Waals surface area contributed by atoms with E-state index < -0.39 is 11.7 Å². The summed E-state index contributed by atoms with van der Waals surface area (Å²) in [6, 6.07) is 8.79. The first-order valence-electron chi connectivity index (χ1n) is 9.59. The van der Waals surface area contributed by atoms with Crippen LogP contribution in [-0.4, -0.2) is 16.5 Å². The van der Waals surface area contributed by atoms with E-state index in [0.29, 0.717) is 16.9 Å². The smallest absolute Gasteiger partial charge is 0.389 e. The van der Waals surface area contributed by atoms with Crippen molar-refractivity contribution in [1.29, 1.82) is 0 Å². The van der Waals surface area contributed by atoms with Gasteiger partial charge in [-0.3, -0.25) is 4.98 Å². The van der Waals surface area contributed by atoms with Crippen molar-refractivity contribution in [3.05, 3.63) is 78.4 Å². The Morgan fingerprint density at radius 3 is 2.70 bits per heavy atom. The second-order valence-electron chi connectivity index (χ2n) is 6.90. The summed E-state index contributed by atoms with van der Waals surface area (Å²) >= 11 is 0. The molecule has 2 N–H and O–H groups in total. The number of nitrogens with one attached hydrogen (secondary N) is 2. The van der Waals surface area contributed by atoms with Crippen LogP contribution in [0.4, 0.5) is 18.9 Å². The molecule has 2 aromatic heterocycles. The van der Waals surface area contributed by atoms with E-state index in [1.165, 1.54) is 18.3 Å². The molecule has 1 aromatic carbocycles. The maximum atomic E-state index is 13.5. The summed E-state index contributed by atoms with van der Waals surface area (Å²) in [5, 5.41) is 7.20. The maximum Gasteiger partial charge on any atom is 0.417 e. The molecule has 7 heteroatoms. The third-order valence-corrected chi connectivity index (χ3v) is 4.46. The van der Waals surface area contributed by atoms with Crippen molar-refractivity contribution in [2.45, 2.75) is 26.4 Å². The van der Waals surface area contributed by atoms with Gasteiger partial charge in [-0.2, -0.15) is 13.2 Å². The fraction of sp³-hybridized carbons (Fsp3) is 0.217. The first kappa shape index (κ1) is 21.4. The first-order chi connectivity index (χ1) is 14.3. The number of halogens is 3. The average molecular weight is 412 g/mol. The minimum absolute atomic E-state index is 0.0146. The number of rotatable bonds is 7. The van der Waals surface area contributed by atoms with Gasteiger partial charge in [0.1, 0.15) is 0 Å². The monoisotopic (exact) mass is 412 g/mol. The Labute approximate surface area is 173 Å². The Bertz CT molecular complexity index is 1090. The third kappa shape index (κ3) is 4.97. The number of anilines is 1. The molecule has 0 radical (unpaired) electrons. The zero-order valence-corrected chi connectivity index (χ0v) is 16.8. The number of benzene rings is 1. The van der Waals surface area contributed by atoms with Gasteiger partial charge in [0.2, 0.25) is 0 Å². The summed E-state index contributed by atoms with van der Waals surface area (Å²) < 4.78 is 40.6. The van der Waals surface area contributed by atoms with Crippen molar-refractivity contribution in [1.82, 2.24) is 15.3 Å². The summed E-state index contributed by atoms with van der Waals surface area (Å²) in [4.78, 5) is 8.49. The molecule has 0 spiro atoms. The topological polar surface area (TPSA) is 49.8 Å². The predicted molar refractivity (Wildman–Crippen MR) is 115 cm³/mol. The lowest BCUT2D eigenvalue weighted by atomic mass is 10.0. The number of hydrogen-bond donors (Lipinski definition) is 2. The molecule has 0 aliphatic carbocycles. The van der Waals surface area contributed by atoms with Crippen molar-refractivity contribution in [3.8, 4) is 11.3 Å². The maximum absolute atomic E-state index is 13.5. The zero-order chi connectivity index (χ0) is 21.7. The largest absolute Gasteiger partial charge is 0.417 e. The number of aromatic nitrogens is 2. The van der Waals surface area contributed by atoms with E-state index in [0.717, 1.165) is 30.1 Å². The molecule has 30 heavy (non-hydrogen) atoms. The van der Waals surface area contributed by atoms with Crippen LogP contribution < -0.4 is 10.6 Å². The van der Waals surface area contributed by atoms with E-state index in [1.807, 2.05) is 13.0 Å². The lowest BCUT2D eigenvalue weighted by Gasteiger charge is -2.16. The van der Waals surface area contributed by atoms with Gasteiger partial charge >= 0.3 is 6.18 Å². The summed E-state index contributed by atoms with van der Waals surface area (Å²) in [7, 11) is 0. The van der Waals surface area contributed by atoms with E-state index in [4.69, 9.17) is 0 Å². The van der Waals surface area contributed by atoms with Gasteiger partial charge in [0.15, 0.2) is 0 Å². The van der Waals surface area contributed by atoms with Crippen molar-refractivity contribution >= 4 is 16.6 Å². The Hall–Kier alpha value is -3.35. The zero-order valence-electron chi connectivity index (χ0n) is 16.8. The number of alkyl halides is 3. The predicted octanol–water partition coefficient (Wildman–Crippen LogP) is 6.14. The molecule has 0 atom stereocenters. The SMILES string of the molecule is C=C(/C=C(/C)NCCC)Nc1cc(-c2ccccc2C(F)(F)F)nc2cnccc12. The number of allylic oxidation sites excluding steroid dienone is 2. The average Bonchev–Trinajstić information content (AvgIpc) is 2.71. The van der Waals surface area contributed by atoms with E-state index in [9.17, 15) is 13.2 Å². The summed E-state index contributed by atoms with van der Waals surface area (Å²) in [5.74, 6) is 0. The number of nitrogens with zero attached hydrogens (tertiary/aromatic N) is 2. The van der Waals surface area contributed by atoms with Crippen LogP contribution in [0.15, 0.2) is 72.8 Å². The van der Waals surface area contributed by atoms with Crippen molar-refractivity contribution < 1.29 is 13.2 Å². The van der Waals surface area contributed by atoms with E-state index >= 15 is 0 Å². The molecule has 3 aromatic rings. The molecule has 3 rings (SSSR count). The number of fused-ring (bicyclic) bond motifs is 1. The van der Waals surface area contributed by atoms with Crippen LogP contribution in [0.2, 0.25) is 0 Å². The molecule has 0 bridgehead atoms. The van der Waals surface area contributed by atoms with Crippen molar-refractivity contribution in [3.63, 3.8) is 0 Å². The molecule has 0 aliphatic rings. The standard InChI is InChI=1S/C23H23F3N4/c1-4-10-28-15(2)12-16(3)29-21-13-20(30-22-14-27-11-9-18(21)22)17-7-5-6-8-19(17)23(24,25)26/h5-9,11-14,28H,3-4,10H2,1-2H3,(H,29,30)/b15-12-. The highest BCUT2D eigenvalue weighted by molar-refractivity contribution is 5.94. The summed E-state index contributed by atoms with van der Waals surface area (Å²) in [6.45, 7) is 8.87. The van der Waals surface area contributed by atoms with E-state index in [-0.39, 0.29) is 11.3 Å². The van der Waals surface area contributed by atoms with Crippen LogP contribution in [0, 0.1) is 0 Å². The summed E-state index contributed by atoms with van der Waals surface area (Å²) in [5.41, 5.74) is 2.15. The van der Waals surface area contributed by atoms with Gasteiger partial charge in [-0.1, -0.05) is 31.7 Å². The Morgan fingerprint density at radius 2 is 1.97 bits per heavy atom. The summed E-state index contributed by atoms with van der Waals surface area (Å²) in [6.07, 6.45) is 1.52. The van der Waals surface area contributed by atoms with Crippen LogP contribution >= 0.6 is 0 Å². The third-order valence-electron chi connectivity index (χ3n) is 4.46. The molecule has 4 nitrogen and oxygen atoms in total. The van der Waals surface area contributed by atoms with E-state index in [1.54, 1.807) is 24.4 Å². The minimum atomic E-state index is -4.48. The lowest BCUT2D eigenvalue weighted by Crippen LogP contribution is -2.12. The van der Waals surface area contributed by atoms with Gasteiger partial charge in [-0.05, 0) is 37.6 Å². The molecule has 0 fully saturated rings. The highest BCUT2D eigenvalue weighted by Gasteiger charge is 2.33. The number of hydrogen-bond acceptors (Lipinski definition) is 4. The molecule has 2 heterocycles. The van der Waals surface area contributed by atoms with Crippen LogP contribution in [0.25, 0.3) is 22.2 Å². The second-order valence-corrected chi connectivity index (χ2v) is 6.90. The van der Waals surface area contributed by atoms with Crippen LogP contribution in [0.1, 0.15) is 25.8 Å². The molecular formula is C23H23F3N4. The van der Waals surface area contributed by atoms with Gasteiger partial charge in [0, 0.05) is 35.1 Å². The van der Waals surface area contributed by atoms with Crippen LogP contribution in [0.3, 0.4) is 0 Å². The minimum Gasteiger partial charge on any atom is -0.389 e. The van der Waals surface area contributed by atoms with Gasteiger partial charge in [-0.25, -0.2) is 4.98 Å². The molecule has 0 amide bonds. The fourth-order valence-electron chi connectivity index (χ4n) is 3.12. The Morgan fingerprint density at radius 1 is 1.20 bits per heavy atom. The lowest BCUT2D eigenvalue weighted by molar-refractivity contribution is -0.137. The van der Waals surface area contributed by atoms with Crippen molar-refractivity contribution in [2.75, 3.05) is 11.9 Å². The molecule has 0 aliphatic heterocycles. The normalized spacial score (nSPS) is 12.1. The Balaban J connectivity index is 2.06. The fourth-order valence-corrected chi connectivity index (χ4v) is 3.12.